The molecule has 2 rings (SSSR count). The number of carbonyl (C=O) groups excluding carboxylic acids is 2. The molecule has 0 unspecified atom stereocenters. The zero-order chi connectivity index (χ0) is 13.7. The van der Waals surface area contributed by atoms with E-state index < -0.39 is 0 Å². The Morgan fingerprint density at radius 1 is 1.42 bits per heavy atom. The summed E-state index contributed by atoms with van der Waals surface area (Å²) >= 11 is 0. The second kappa shape index (κ2) is 6.36. The maximum Gasteiger partial charge on any atom is 0.260 e. The molecule has 1 aliphatic rings. The molecule has 1 heterocycles. The van der Waals surface area contributed by atoms with E-state index in [2.05, 4.69) is 6.92 Å². The predicted octanol–water partition coefficient (Wildman–Crippen LogP) is 2.14. The molecule has 1 amide bonds. The molecule has 19 heavy (non-hydrogen) atoms. The quantitative estimate of drug-likeness (QED) is 0.780. The number of aldehydes is 1. The summed E-state index contributed by atoms with van der Waals surface area (Å²) in [4.78, 5) is 24.5. The van der Waals surface area contributed by atoms with Gasteiger partial charge in [-0.15, -0.1) is 0 Å². The molecule has 0 spiro atoms. The molecule has 4 heteroatoms. The molecule has 1 aromatic carbocycles. The van der Waals surface area contributed by atoms with Crippen molar-refractivity contribution in [3.63, 3.8) is 0 Å². The van der Waals surface area contributed by atoms with Crippen LogP contribution >= 0.6 is 0 Å². The van der Waals surface area contributed by atoms with Gasteiger partial charge in [-0.3, -0.25) is 9.59 Å². The van der Waals surface area contributed by atoms with Crippen molar-refractivity contribution in [2.75, 3.05) is 19.7 Å². The lowest BCUT2D eigenvalue weighted by Crippen LogP contribution is -2.40. The van der Waals surface area contributed by atoms with Gasteiger partial charge in [0.05, 0.1) is 0 Å². The minimum atomic E-state index is 0.0170. The van der Waals surface area contributed by atoms with Gasteiger partial charge in [-0.05, 0) is 30.9 Å². The van der Waals surface area contributed by atoms with Crippen molar-refractivity contribution in [3.8, 4) is 5.75 Å². The van der Waals surface area contributed by atoms with Crippen molar-refractivity contribution in [2.24, 2.45) is 5.92 Å². The smallest absolute Gasteiger partial charge is 0.260 e. The molecule has 4 nitrogen and oxygen atoms in total. The van der Waals surface area contributed by atoms with Gasteiger partial charge in [-0.25, -0.2) is 0 Å². The number of amides is 1. The third-order valence-corrected chi connectivity index (χ3v) is 3.49. The number of ether oxygens (including phenoxy) is 1. The van der Waals surface area contributed by atoms with E-state index in [-0.39, 0.29) is 12.5 Å². The zero-order valence-electron chi connectivity index (χ0n) is 11.2. The first-order valence-corrected chi connectivity index (χ1v) is 6.65. The van der Waals surface area contributed by atoms with E-state index in [0.717, 1.165) is 32.2 Å². The van der Waals surface area contributed by atoms with Crippen LogP contribution in [-0.2, 0) is 4.79 Å². The highest BCUT2D eigenvalue weighted by Gasteiger charge is 2.20. The Kier molecular flexibility index (Phi) is 4.55. The van der Waals surface area contributed by atoms with Crippen LogP contribution in [0.15, 0.2) is 24.3 Å². The Hall–Kier alpha value is -1.84. The Morgan fingerprint density at radius 3 is 2.84 bits per heavy atom. The summed E-state index contributed by atoms with van der Waals surface area (Å²) in [6, 6.07) is 6.83. The minimum Gasteiger partial charge on any atom is -0.484 e. The number of likely N-dealkylation sites (tertiary alicyclic amines) is 1. The molecule has 1 fully saturated rings. The van der Waals surface area contributed by atoms with E-state index in [9.17, 15) is 9.59 Å². The zero-order valence-corrected chi connectivity index (χ0v) is 11.2. The SMILES string of the molecule is CC1CCN(C(=O)COc2cccc(C=O)c2)CC1. The summed E-state index contributed by atoms with van der Waals surface area (Å²) in [6.45, 7) is 3.88. The molecule has 0 aromatic heterocycles. The van der Waals surface area contributed by atoms with Crippen LogP contribution in [0.2, 0.25) is 0 Å². The van der Waals surface area contributed by atoms with Crippen molar-refractivity contribution in [1.29, 1.82) is 0 Å². The maximum atomic E-state index is 12.0. The van der Waals surface area contributed by atoms with Gasteiger partial charge >= 0.3 is 0 Å². The van der Waals surface area contributed by atoms with E-state index in [1.165, 1.54) is 0 Å². The topological polar surface area (TPSA) is 46.6 Å². The van der Waals surface area contributed by atoms with Crippen LogP contribution < -0.4 is 4.74 Å². The normalized spacial score (nSPS) is 16.2. The van der Waals surface area contributed by atoms with Crippen LogP contribution in [0, 0.1) is 5.92 Å². The highest BCUT2D eigenvalue weighted by atomic mass is 16.5. The fourth-order valence-corrected chi connectivity index (χ4v) is 2.17. The van der Waals surface area contributed by atoms with E-state index in [0.29, 0.717) is 17.2 Å². The first kappa shape index (κ1) is 13.6. The van der Waals surface area contributed by atoms with Gasteiger partial charge in [0, 0.05) is 18.7 Å². The summed E-state index contributed by atoms with van der Waals surface area (Å²) in [5.74, 6) is 1.28. The molecule has 0 bridgehead atoms. The largest absolute Gasteiger partial charge is 0.484 e. The van der Waals surface area contributed by atoms with Crippen molar-refractivity contribution in [2.45, 2.75) is 19.8 Å². The van der Waals surface area contributed by atoms with Gasteiger partial charge in [0.1, 0.15) is 12.0 Å². The molecule has 0 atom stereocenters. The Labute approximate surface area is 113 Å². The van der Waals surface area contributed by atoms with Gasteiger partial charge in [0.2, 0.25) is 0 Å². The summed E-state index contributed by atoms with van der Waals surface area (Å²) in [5.41, 5.74) is 0.553. The number of piperidine rings is 1. The van der Waals surface area contributed by atoms with Crippen molar-refractivity contribution in [1.82, 2.24) is 4.90 Å². The van der Waals surface area contributed by atoms with Crippen LogP contribution in [0.25, 0.3) is 0 Å². The summed E-state index contributed by atoms with van der Waals surface area (Å²) < 4.78 is 5.44. The van der Waals surface area contributed by atoms with E-state index in [4.69, 9.17) is 4.74 Å². The summed E-state index contributed by atoms with van der Waals surface area (Å²) in [5, 5.41) is 0. The number of benzene rings is 1. The van der Waals surface area contributed by atoms with Crippen LogP contribution in [-0.4, -0.2) is 36.8 Å². The first-order valence-electron chi connectivity index (χ1n) is 6.65. The van der Waals surface area contributed by atoms with Crippen LogP contribution in [0.3, 0.4) is 0 Å². The van der Waals surface area contributed by atoms with Gasteiger partial charge in [0.15, 0.2) is 6.61 Å². The summed E-state index contributed by atoms with van der Waals surface area (Å²) in [6.07, 6.45) is 2.89. The van der Waals surface area contributed by atoms with Gasteiger partial charge in [-0.1, -0.05) is 19.1 Å². The molecule has 102 valence electrons. The first-order chi connectivity index (χ1) is 9.19. The van der Waals surface area contributed by atoms with Crippen LogP contribution in [0.4, 0.5) is 0 Å². The molecule has 0 radical (unpaired) electrons. The Balaban J connectivity index is 1.84. The molecule has 1 aliphatic heterocycles. The lowest BCUT2D eigenvalue weighted by atomic mass is 9.99. The number of rotatable bonds is 4. The van der Waals surface area contributed by atoms with Crippen LogP contribution in [0.5, 0.6) is 5.75 Å². The maximum absolute atomic E-state index is 12.0. The van der Waals surface area contributed by atoms with Crippen LogP contribution in [0.1, 0.15) is 30.1 Å². The Morgan fingerprint density at radius 2 is 2.16 bits per heavy atom. The average molecular weight is 261 g/mol. The number of hydrogen-bond acceptors (Lipinski definition) is 3. The van der Waals surface area contributed by atoms with Gasteiger partial charge in [-0.2, -0.15) is 0 Å². The third-order valence-electron chi connectivity index (χ3n) is 3.49. The molecular formula is C15H19NO3. The molecule has 0 saturated carbocycles. The number of nitrogens with zero attached hydrogens (tertiary/aromatic N) is 1. The van der Waals surface area contributed by atoms with Gasteiger partial charge in [0.25, 0.3) is 5.91 Å². The lowest BCUT2D eigenvalue weighted by molar-refractivity contribution is -0.134. The van der Waals surface area contributed by atoms with E-state index in [1.54, 1.807) is 24.3 Å². The fourth-order valence-electron chi connectivity index (χ4n) is 2.17. The molecule has 0 N–H and O–H groups in total. The average Bonchev–Trinajstić information content (AvgIpc) is 2.46. The standard InChI is InChI=1S/C15H19NO3/c1-12-5-7-16(8-6-12)15(18)11-19-14-4-2-3-13(9-14)10-17/h2-4,9-10,12H,5-8,11H2,1H3. The van der Waals surface area contributed by atoms with Gasteiger partial charge < -0.3 is 9.64 Å². The predicted molar refractivity (Wildman–Crippen MR) is 72.3 cm³/mol. The summed E-state index contributed by atoms with van der Waals surface area (Å²) in [7, 11) is 0. The van der Waals surface area contributed by atoms with Crippen molar-refractivity contribution in [3.05, 3.63) is 29.8 Å². The molecular weight excluding hydrogens is 242 g/mol. The molecule has 0 aliphatic carbocycles. The third kappa shape index (κ3) is 3.81. The molecule has 1 aromatic rings. The van der Waals surface area contributed by atoms with E-state index >= 15 is 0 Å². The number of carbonyl (C=O) groups is 2. The second-order valence-electron chi connectivity index (χ2n) is 5.04. The highest BCUT2D eigenvalue weighted by molar-refractivity contribution is 5.78. The van der Waals surface area contributed by atoms with Crippen molar-refractivity contribution >= 4 is 12.2 Å². The second-order valence-corrected chi connectivity index (χ2v) is 5.04. The Bertz CT molecular complexity index is 450. The van der Waals surface area contributed by atoms with Crippen molar-refractivity contribution < 1.29 is 14.3 Å². The number of hydrogen-bond donors (Lipinski definition) is 0. The fraction of sp³-hybridized carbons (Fsp3) is 0.467. The highest BCUT2D eigenvalue weighted by Crippen LogP contribution is 2.17. The minimum absolute atomic E-state index is 0.0170. The lowest BCUT2D eigenvalue weighted by Gasteiger charge is -2.30. The monoisotopic (exact) mass is 261 g/mol. The van der Waals surface area contributed by atoms with E-state index in [1.807, 2.05) is 4.90 Å². The molecule has 1 saturated heterocycles.